The fourth-order valence-corrected chi connectivity index (χ4v) is 3.78. The van der Waals surface area contributed by atoms with Crippen LogP contribution in [0.1, 0.15) is 56.6 Å². The number of hydrogen-bond acceptors (Lipinski definition) is 1. The lowest BCUT2D eigenvalue weighted by Gasteiger charge is -2.17. The number of carbonyl (C=O) groups is 1. The van der Waals surface area contributed by atoms with Gasteiger partial charge in [-0.15, -0.1) is 0 Å². The summed E-state index contributed by atoms with van der Waals surface area (Å²) in [6, 6.07) is 14.8. The first-order chi connectivity index (χ1) is 13.6. The van der Waals surface area contributed by atoms with Gasteiger partial charge in [-0.3, -0.25) is 4.79 Å². The zero-order valence-electron chi connectivity index (χ0n) is 16.7. The van der Waals surface area contributed by atoms with Gasteiger partial charge in [-0.25, -0.2) is 4.39 Å². The number of rotatable bonds is 9. The molecular weight excluding hydrogens is 351 g/mol. The van der Waals surface area contributed by atoms with Crippen molar-refractivity contribution in [1.82, 2.24) is 9.88 Å². The molecule has 1 aromatic heterocycles. The van der Waals surface area contributed by atoms with Gasteiger partial charge in [0, 0.05) is 42.5 Å². The molecule has 0 saturated carbocycles. The molecule has 0 aliphatic heterocycles. The molecule has 148 valence electrons. The van der Waals surface area contributed by atoms with Crippen molar-refractivity contribution in [3.8, 4) is 0 Å². The minimum absolute atomic E-state index is 0.0405. The van der Waals surface area contributed by atoms with Gasteiger partial charge >= 0.3 is 0 Å². The molecule has 2 aromatic carbocycles. The molecule has 0 fully saturated rings. The smallest absolute Gasteiger partial charge is 0.220 e. The van der Waals surface area contributed by atoms with E-state index in [1.165, 1.54) is 12.1 Å². The lowest BCUT2D eigenvalue weighted by atomic mass is 9.88. The zero-order chi connectivity index (χ0) is 19.9. The number of unbranched alkanes of at least 4 members (excludes halogenated alkanes) is 2. The molecule has 3 aromatic rings. The van der Waals surface area contributed by atoms with Crippen molar-refractivity contribution in [3.05, 3.63) is 71.7 Å². The van der Waals surface area contributed by atoms with E-state index in [0.717, 1.165) is 47.8 Å². The quantitative estimate of drug-likeness (QED) is 0.480. The van der Waals surface area contributed by atoms with Gasteiger partial charge in [-0.05, 0) is 42.7 Å². The topological polar surface area (TPSA) is 34.0 Å². The molecule has 1 atom stereocenters. The van der Waals surface area contributed by atoms with Gasteiger partial charge in [0.25, 0.3) is 0 Å². The molecule has 1 N–H and O–H groups in total. The third kappa shape index (κ3) is 4.61. The molecule has 0 aliphatic carbocycles. The van der Waals surface area contributed by atoms with Crippen molar-refractivity contribution in [2.75, 3.05) is 6.54 Å². The average Bonchev–Trinajstić information content (AvgIpc) is 3.09. The normalized spacial score (nSPS) is 12.2. The van der Waals surface area contributed by atoms with E-state index >= 15 is 0 Å². The second kappa shape index (κ2) is 9.54. The minimum atomic E-state index is -0.262. The van der Waals surface area contributed by atoms with Crippen LogP contribution in [0.15, 0.2) is 54.7 Å². The third-order valence-corrected chi connectivity index (χ3v) is 5.30. The highest BCUT2D eigenvalue weighted by molar-refractivity contribution is 5.86. The summed E-state index contributed by atoms with van der Waals surface area (Å²) in [7, 11) is 0. The molecule has 1 heterocycles. The first-order valence-corrected chi connectivity index (χ1v) is 10.2. The summed E-state index contributed by atoms with van der Waals surface area (Å²) in [5.41, 5.74) is 3.24. The molecule has 0 radical (unpaired) electrons. The standard InChI is InChI=1S/C24H29FN2O/c1-3-5-8-15-26-24(28)16-21(18-11-13-19(25)14-12-18)22-17-27(4-2)23-10-7-6-9-20(22)23/h6-7,9-14,17,21H,3-5,8,15-16H2,1-2H3,(H,26,28). The Bertz CT molecular complexity index is 914. The summed E-state index contributed by atoms with van der Waals surface area (Å²) in [5.74, 6) is -0.328. The molecule has 3 nitrogen and oxygen atoms in total. The highest BCUT2D eigenvalue weighted by atomic mass is 19.1. The van der Waals surface area contributed by atoms with E-state index < -0.39 is 0 Å². The van der Waals surface area contributed by atoms with E-state index in [2.05, 4.69) is 42.1 Å². The number of halogens is 1. The molecule has 1 unspecified atom stereocenters. The van der Waals surface area contributed by atoms with E-state index in [9.17, 15) is 9.18 Å². The van der Waals surface area contributed by atoms with Crippen LogP contribution in [0.3, 0.4) is 0 Å². The number of fused-ring (bicyclic) bond motifs is 1. The molecule has 3 rings (SSSR count). The summed E-state index contributed by atoms with van der Waals surface area (Å²) >= 11 is 0. The lowest BCUT2D eigenvalue weighted by molar-refractivity contribution is -0.121. The van der Waals surface area contributed by atoms with E-state index in [1.807, 2.05) is 12.1 Å². The van der Waals surface area contributed by atoms with Crippen LogP contribution in [0.25, 0.3) is 10.9 Å². The van der Waals surface area contributed by atoms with E-state index in [0.29, 0.717) is 13.0 Å². The number of nitrogens with one attached hydrogen (secondary N) is 1. The second-order valence-electron chi connectivity index (χ2n) is 7.25. The van der Waals surface area contributed by atoms with E-state index in [4.69, 9.17) is 0 Å². The molecule has 4 heteroatoms. The van der Waals surface area contributed by atoms with Crippen LogP contribution in [-0.2, 0) is 11.3 Å². The number of amides is 1. The molecule has 0 spiro atoms. The maximum atomic E-state index is 13.5. The number of para-hydroxylation sites is 1. The third-order valence-electron chi connectivity index (χ3n) is 5.30. The first-order valence-electron chi connectivity index (χ1n) is 10.2. The Morgan fingerprint density at radius 1 is 1.07 bits per heavy atom. The SMILES string of the molecule is CCCCCNC(=O)CC(c1ccc(F)cc1)c1cn(CC)c2ccccc12. The highest BCUT2D eigenvalue weighted by Crippen LogP contribution is 2.34. The second-order valence-corrected chi connectivity index (χ2v) is 7.25. The Morgan fingerprint density at radius 3 is 2.54 bits per heavy atom. The van der Waals surface area contributed by atoms with Crippen molar-refractivity contribution in [2.45, 2.75) is 52.0 Å². The number of aryl methyl sites for hydroxylation is 1. The summed E-state index contributed by atoms with van der Waals surface area (Å²) in [6.45, 7) is 5.83. The fourth-order valence-electron chi connectivity index (χ4n) is 3.78. The first kappa shape index (κ1) is 20.1. The zero-order valence-corrected chi connectivity index (χ0v) is 16.7. The Kier molecular flexibility index (Phi) is 6.85. The van der Waals surface area contributed by atoms with Gasteiger partial charge in [0.1, 0.15) is 5.82 Å². The number of aromatic nitrogens is 1. The molecule has 1 amide bonds. The largest absolute Gasteiger partial charge is 0.356 e. The van der Waals surface area contributed by atoms with Gasteiger partial charge in [0.05, 0.1) is 0 Å². The van der Waals surface area contributed by atoms with Crippen molar-refractivity contribution < 1.29 is 9.18 Å². The Hall–Kier alpha value is -2.62. The predicted octanol–water partition coefficient (Wildman–Crippen LogP) is 5.63. The summed E-state index contributed by atoms with van der Waals surface area (Å²) in [5, 5.41) is 4.20. The van der Waals surface area contributed by atoms with Gasteiger partial charge < -0.3 is 9.88 Å². The summed E-state index contributed by atoms with van der Waals surface area (Å²) in [6.07, 6.45) is 5.74. The van der Waals surface area contributed by atoms with Crippen LogP contribution in [0.2, 0.25) is 0 Å². The maximum absolute atomic E-state index is 13.5. The van der Waals surface area contributed by atoms with Crippen LogP contribution in [0, 0.1) is 5.82 Å². The van der Waals surface area contributed by atoms with E-state index in [1.54, 1.807) is 12.1 Å². The van der Waals surface area contributed by atoms with Gasteiger partial charge in [-0.1, -0.05) is 50.1 Å². The number of hydrogen-bond donors (Lipinski definition) is 1. The van der Waals surface area contributed by atoms with E-state index in [-0.39, 0.29) is 17.6 Å². The minimum Gasteiger partial charge on any atom is -0.356 e. The monoisotopic (exact) mass is 380 g/mol. The van der Waals surface area contributed by atoms with Crippen molar-refractivity contribution in [2.24, 2.45) is 0 Å². The summed E-state index contributed by atoms with van der Waals surface area (Å²) in [4.78, 5) is 12.7. The van der Waals surface area contributed by atoms with Crippen LogP contribution in [-0.4, -0.2) is 17.0 Å². The van der Waals surface area contributed by atoms with Crippen molar-refractivity contribution in [1.29, 1.82) is 0 Å². The number of nitrogens with zero attached hydrogens (tertiary/aromatic N) is 1. The van der Waals surface area contributed by atoms with Gasteiger partial charge in [0.2, 0.25) is 5.91 Å². The van der Waals surface area contributed by atoms with Crippen LogP contribution >= 0.6 is 0 Å². The fraction of sp³-hybridized carbons (Fsp3) is 0.375. The molecule has 0 aliphatic rings. The van der Waals surface area contributed by atoms with Crippen LogP contribution in [0.5, 0.6) is 0 Å². The van der Waals surface area contributed by atoms with Gasteiger partial charge in [0.15, 0.2) is 0 Å². The Morgan fingerprint density at radius 2 is 1.82 bits per heavy atom. The van der Waals surface area contributed by atoms with Crippen LogP contribution < -0.4 is 5.32 Å². The van der Waals surface area contributed by atoms with Gasteiger partial charge in [-0.2, -0.15) is 0 Å². The molecular formula is C24H29FN2O. The molecule has 0 bridgehead atoms. The average molecular weight is 381 g/mol. The van der Waals surface area contributed by atoms with Crippen molar-refractivity contribution in [3.63, 3.8) is 0 Å². The maximum Gasteiger partial charge on any atom is 0.220 e. The number of carbonyl (C=O) groups excluding carboxylic acids is 1. The van der Waals surface area contributed by atoms with Crippen molar-refractivity contribution >= 4 is 16.8 Å². The van der Waals surface area contributed by atoms with Crippen LogP contribution in [0.4, 0.5) is 4.39 Å². The molecule has 0 saturated heterocycles. The summed E-state index contributed by atoms with van der Waals surface area (Å²) < 4.78 is 15.7. The Labute approximate surface area is 166 Å². The number of benzene rings is 2. The highest BCUT2D eigenvalue weighted by Gasteiger charge is 2.22. The molecule has 28 heavy (non-hydrogen) atoms. The lowest BCUT2D eigenvalue weighted by Crippen LogP contribution is -2.26. The Balaban J connectivity index is 1.93. The predicted molar refractivity (Wildman–Crippen MR) is 113 cm³/mol.